The van der Waals surface area contributed by atoms with E-state index in [1.165, 1.54) is 18.5 Å². The van der Waals surface area contributed by atoms with Crippen LogP contribution < -0.4 is 5.32 Å². The summed E-state index contributed by atoms with van der Waals surface area (Å²) in [7, 11) is 0. The summed E-state index contributed by atoms with van der Waals surface area (Å²) in [6.07, 6.45) is 5.30. The van der Waals surface area contributed by atoms with Crippen molar-refractivity contribution in [3.63, 3.8) is 0 Å². The Morgan fingerprint density at radius 2 is 2.19 bits per heavy atom. The third-order valence-electron chi connectivity index (χ3n) is 2.78. The molecule has 0 saturated heterocycles. The van der Waals surface area contributed by atoms with Crippen molar-refractivity contribution >= 4 is 18.0 Å². The molecule has 2 heterocycles. The first-order chi connectivity index (χ1) is 10.1. The predicted molar refractivity (Wildman–Crippen MR) is 75.5 cm³/mol. The summed E-state index contributed by atoms with van der Waals surface area (Å²) in [5.41, 5.74) is 0.595. The topological polar surface area (TPSA) is 92.4 Å². The van der Waals surface area contributed by atoms with Crippen molar-refractivity contribution in [2.45, 2.75) is 13.0 Å². The van der Waals surface area contributed by atoms with Gasteiger partial charge < -0.3 is 14.8 Å². The van der Waals surface area contributed by atoms with Gasteiger partial charge in [0.2, 0.25) is 0 Å². The van der Waals surface area contributed by atoms with Crippen LogP contribution in [0.25, 0.3) is 6.08 Å². The number of amides is 1. The number of carbonyl (C=O) groups excluding carboxylic acids is 1. The number of pyridine rings is 1. The third-order valence-corrected chi connectivity index (χ3v) is 2.78. The molecule has 2 N–H and O–H groups in total. The Balaban J connectivity index is 2.17. The van der Waals surface area contributed by atoms with Gasteiger partial charge in [-0.1, -0.05) is 6.07 Å². The molecule has 0 spiro atoms. The highest BCUT2D eigenvalue weighted by molar-refractivity contribution is 5.97. The first-order valence-electron chi connectivity index (χ1n) is 6.28. The van der Waals surface area contributed by atoms with Crippen LogP contribution in [0.1, 0.15) is 34.8 Å². The number of carboxylic acid groups (broad SMARTS) is 1. The molecular formula is C15H14N2O4. The monoisotopic (exact) mass is 286 g/mol. The van der Waals surface area contributed by atoms with Gasteiger partial charge in [0.05, 0.1) is 12.3 Å². The lowest BCUT2D eigenvalue weighted by atomic mass is 10.1. The number of nitrogens with one attached hydrogen (secondary N) is 1. The van der Waals surface area contributed by atoms with Gasteiger partial charge in [0.25, 0.3) is 5.91 Å². The van der Waals surface area contributed by atoms with Crippen molar-refractivity contribution in [2.24, 2.45) is 0 Å². The van der Waals surface area contributed by atoms with Gasteiger partial charge in [-0.05, 0) is 31.2 Å². The summed E-state index contributed by atoms with van der Waals surface area (Å²) in [6, 6.07) is 6.44. The smallest absolute Gasteiger partial charge is 0.328 e. The second-order valence-electron chi connectivity index (χ2n) is 4.32. The zero-order chi connectivity index (χ0) is 15.2. The molecule has 1 atom stereocenters. The van der Waals surface area contributed by atoms with Gasteiger partial charge in [0.15, 0.2) is 0 Å². The van der Waals surface area contributed by atoms with Crippen molar-refractivity contribution in [2.75, 3.05) is 0 Å². The molecule has 0 aromatic carbocycles. The van der Waals surface area contributed by atoms with Gasteiger partial charge in [-0.25, -0.2) is 4.79 Å². The lowest BCUT2D eigenvalue weighted by Crippen LogP contribution is -2.27. The van der Waals surface area contributed by atoms with Gasteiger partial charge >= 0.3 is 5.97 Å². The van der Waals surface area contributed by atoms with E-state index in [-0.39, 0.29) is 11.7 Å². The largest absolute Gasteiger partial charge is 0.478 e. The minimum Gasteiger partial charge on any atom is -0.478 e. The van der Waals surface area contributed by atoms with Gasteiger partial charge in [-0.3, -0.25) is 9.78 Å². The highest BCUT2D eigenvalue weighted by Gasteiger charge is 2.16. The second-order valence-corrected chi connectivity index (χ2v) is 4.32. The Hall–Kier alpha value is -2.89. The predicted octanol–water partition coefficient (Wildman–Crippen LogP) is 2.26. The van der Waals surface area contributed by atoms with Crippen molar-refractivity contribution in [1.29, 1.82) is 0 Å². The molecule has 0 fully saturated rings. The fourth-order valence-corrected chi connectivity index (χ4v) is 1.78. The molecule has 6 heteroatoms. The first kappa shape index (κ1) is 14.5. The van der Waals surface area contributed by atoms with E-state index in [1.807, 2.05) is 0 Å². The Labute approximate surface area is 121 Å². The van der Waals surface area contributed by atoms with E-state index in [4.69, 9.17) is 9.52 Å². The van der Waals surface area contributed by atoms with Crippen molar-refractivity contribution in [3.05, 3.63) is 59.8 Å². The van der Waals surface area contributed by atoms with Crippen LogP contribution in [0.3, 0.4) is 0 Å². The Morgan fingerprint density at radius 1 is 1.38 bits per heavy atom. The second kappa shape index (κ2) is 6.51. The minimum absolute atomic E-state index is 0.161. The van der Waals surface area contributed by atoms with E-state index in [2.05, 4.69) is 10.3 Å². The van der Waals surface area contributed by atoms with Crippen LogP contribution in [-0.2, 0) is 4.79 Å². The van der Waals surface area contributed by atoms with Gasteiger partial charge in [-0.15, -0.1) is 0 Å². The van der Waals surface area contributed by atoms with Crippen LogP contribution in [0.15, 0.2) is 47.2 Å². The Kier molecular flexibility index (Phi) is 4.50. The normalized spacial score (nSPS) is 12.2. The molecule has 2 aromatic rings. The van der Waals surface area contributed by atoms with E-state index in [9.17, 15) is 9.59 Å². The molecule has 0 saturated carbocycles. The van der Waals surface area contributed by atoms with Gasteiger partial charge in [0.1, 0.15) is 11.5 Å². The standard InChI is InChI=1S/C15H14N2O4/c1-10(12-5-3-9-21-12)17-15(20)14-11(4-2-8-16-14)6-7-13(18)19/h2-10H,1H3,(H,17,20)(H,18,19)/b7-6+. The van der Waals surface area contributed by atoms with Crippen LogP contribution in [0.4, 0.5) is 0 Å². The molecule has 0 bridgehead atoms. The summed E-state index contributed by atoms with van der Waals surface area (Å²) in [5, 5.41) is 11.4. The number of aromatic nitrogens is 1. The van der Waals surface area contributed by atoms with Crippen LogP contribution in [0.5, 0.6) is 0 Å². The van der Waals surface area contributed by atoms with Crippen molar-refractivity contribution < 1.29 is 19.1 Å². The quantitative estimate of drug-likeness (QED) is 0.822. The molecule has 108 valence electrons. The molecule has 2 rings (SSSR count). The first-order valence-corrected chi connectivity index (χ1v) is 6.28. The van der Waals surface area contributed by atoms with Crippen LogP contribution in [-0.4, -0.2) is 22.0 Å². The number of carboxylic acids is 1. The average molecular weight is 286 g/mol. The summed E-state index contributed by atoms with van der Waals surface area (Å²) in [4.78, 5) is 26.8. The summed E-state index contributed by atoms with van der Waals surface area (Å²) in [6.45, 7) is 1.78. The fourth-order valence-electron chi connectivity index (χ4n) is 1.78. The third kappa shape index (κ3) is 3.79. The number of furan rings is 1. The summed E-state index contributed by atoms with van der Waals surface area (Å²) >= 11 is 0. The maximum Gasteiger partial charge on any atom is 0.328 e. The minimum atomic E-state index is -1.09. The number of nitrogens with zero attached hydrogens (tertiary/aromatic N) is 1. The molecule has 2 aromatic heterocycles. The van der Waals surface area contributed by atoms with Crippen LogP contribution >= 0.6 is 0 Å². The zero-order valence-corrected chi connectivity index (χ0v) is 11.3. The van der Waals surface area contributed by atoms with Gasteiger partial charge in [-0.2, -0.15) is 0 Å². The number of aliphatic carboxylic acids is 1. The van der Waals surface area contributed by atoms with E-state index in [1.54, 1.807) is 31.2 Å². The molecule has 0 radical (unpaired) electrons. The van der Waals surface area contributed by atoms with Crippen LogP contribution in [0, 0.1) is 0 Å². The lowest BCUT2D eigenvalue weighted by molar-refractivity contribution is -0.131. The molecule has 1 unspecified atom stereocenters. The number of hydrogen-bond acceptors (Lipinski definition) is 4. The fraction of sp³-hybridized carbons (Fsp3) is 0.133. The average Bonchev–Trinajstić information content (AvgIpc) is 2.99. The maximum atomic E-state index is 12.2. The van der Waals surface area contributed by atoms with Crippen LogP contribution in [0.2, 0.25) is 0 Å². The Morgan fingerprint density at radius 3 is 2.86 bits per heavy atom. The molecule has 1 amide bonds. The van der Waals surface area contributed by atoms with E-state index >= 15 is 0 Å². The van der Waals surface area contributed by atoms with E-state index in [0.717, 1.165) is 6.08 Å². The molecule has 6 nitrogen and oxygen atoms in total. The molecule has 0 aliphatic heterocycles. The Bertz CT molecular complexity index is 662. The zero-order valence-electron chi connectivity index (χ0n) is 11.3. The number of rotatable bonds is 5. The number of carbonyl (C=O) groups is 2. The SMILES string of the molecule is CC(NC(=O)c1ncccc1/C=C/C(=O)O)c1ccco1. The number of hydrogen-bond donors (Lipinski definition) is 2. The highest BCUT2D eigenvalue weighted by atomic mass is 16.4. The molecule has 0 aliphatic carbocycles. The van der Waals surface area contributed by atoms with Crippen molar-refractivity contribution in [3.8, 4) is 0 Å². The lowest BCUT2D eigenvalue weighted by Gasteiger charge is -2.12. The maximum absolute atomic E-state index is 12.2. The highest BCUT2D eigenvalue weighted by Crippen LogP contribution is 2.14. The van der Waals surface area contributed by atoms with Crippen molar-refractivity contribution in [1.82, 2.24) is 10.3 Å². The summed E-state index contributed by atoms with van der Waals surface area (Å²) in [5.74, 6) is -0.861. The van der Waals surface area contributed by atoms with E-state index in [0.29, 0.717) is 11.3 Å². The van der Waals surface area contributed by atoms with Gasteiger partial charge in [0, 0.05) is 17.8 Å². The van der Waals surface area contributed by atoms with E-state index < -0.39 is 11.9 Å². The molecular weight excluding hydrogens is 272 g/mol. The summed E-state index contributed by atoms with van der Waals surface area (Å²) < 4.78 is 5.21. The molecule has 21 heavy (non-hydrogen) atoms. The molecule has 0 aliphatic rings.